The summed E-state index contributed by atoms with van der Waals surface area (Å²) >= 11 is 5.82. The van der Waals surface area contributed by atoms with Crippen molar-refractivity contribution >= 4 is 23.1 Å². The van der Waals surface area contributed by atoms with Crippen LogP contribution in [0.1, 0.15) is 12.5 Å². The maximum absolute atomic E-state index is 5.82. The van der Waals surface area contributed by atoms with Gasteiger partial charge in [0.2, 0.25) is 0 Å². The van der Waals surface area contributed by atoms with E-state index in [1.165, 1.54) is 0 Å². The number of rotatable bonds is 3. The Morgan fingerprint density at radius 2 is 1.94 bits per heavy atom. The topological polar surface area (TPSA) is 37.3 Å². The zero-order valence-electron chi connectivity index (χ0n) is 9.39. The molecule has 1 heterocycles. The summed E-state index contributed by atoms with van der Waals surface area (Å²) in [6.45, 7) is 1.93. The highest BCUT2D eigenvalue weighted by Crippen LogP contribution is 2.10. The van der Waals surface area contributed by atoms with Crippen LogP contribution in [0.2, 0.25) is 5.02 Å². The van der Waals surface area contributed by atoms with Crippen LogP contribution in [0.3, 0.4) is 0 Å². The largest absolute Gasteiger partial charge is 0.261 e. The van der Waals surface area contributed by atoms with Crippen LogP contribution >= 0.6 is 11.6 Å². The minimum absolute atomic E-state index is 0.722. The van der Waals surface area contributed by atoms with E-state index >= 15 is 0 Å². The first-order chi connectivity index (χ1) is 8.25. The van der Waals surface area contributed by atoms with Gasteiger partial charge >= 0.3 is 0 Å². The molecular weight excluding hydrogens is 234 g/mol. The number of hydrogen-bond acceptors (Lipinski definition) is 3. The Labute approximate surface area is 105 Å². The van der Waals surface area contributed by atoms with Crippen molar-refractivity contribution in [1.82, 2.24) is 4.98 Å². The monoisotopic (exact) mass is 245 g/mol. The van der Waals surface area contributed by atoms with Crippen LogP contribution in [-0.4, -0.2) is 10.7 Å². The summed E-state index contributed by atoms with van der Waals surface area (Å²) in [6, 6.07) is 13.2. The normalized spacial score (nSPS) is 11.3. The molecule has 1 aromatic heterocycles. The number of nitrogens with one attached hydrogen (secondary N) is 1. The minimum atomic E-state index is 0.722. The van der Waals surface area contributed by atoms with Gasteiger partial charge in [-0.1, -0.05) is 29.8 Å². The van der Waals surface area contributed by atoms with Crippen LogP contribution in [0.5, 0.6) is 0 Å². The van der Waals surface area contributed by atoms with Gasteiger partial charge in [0.1, 0.15) is 5.82 Å². The molecule has 3 nitrogen and oxygen atoms in total. The molecule has 0 saturated carbocycles. The van der Waals surface area contributed by atoms with E-state index in [9.17, 15) is 0 Å². The molecule has 4 heteroatoms. The van der Waals surface area contributed by atoms with E-state index in [4.69, 9.17) is 11.6 Å². The molecule has 0 bridgehead atoms. The van der Waals surface area contributed by atoms with Crippen LogP contribution in [0.15, 0.2) is 53.8 Å². The third-order valence-electron chi connectivity index (χ3n) is 2.27. The van der Waals surface area contributed by atoms with Crippen LogP contribution in [0.25, 0.3) is 0 Å². The van der Waals surface area contributed by atoms with Gasteiger partial charge in [-0.05, 0) is 36.8 Å². The first kappa shape index (κ1) is 11.6. The average molecular weight is 246 g/mol. The lowest BCUT2D eigenvalue weighted by atomic mass is 10.1. The minimum Gasteiger partial charge on any atom is -0.261 e. The fourth-order valence-corrected chi connectivity index (χ4v) is 1.45. The van der Waals surface area contributed by atoms with Crippen molar-refractivity contribution in [3.8, 4) is 0 Å². The van der Waals surface area contributed by atoms with Crippen molar-refractivity contribution in [1.29, 1.82) is 0 Å². The second-order valence-corrected chi connectivity index (χ2v) is 3.97. The lowest BCUT2D eigenvalue weighted by molar-refractivity contribution is 1.22. The summed E-state index contributed by atoms with van der Waals surface area (Å²) in [5.41, 5.74) is 4.81. The number of hydrogen-bond donors (Lipinski definition) is 1. The molecule has 0 spiro atoms. The Morgan fingerprint density at radius 1 is 1.18 bits per heavy atom. The van der Waals surface area contributed by atoms with E-state index in [2.05, 4.69) is 15.5 Å². The maximum atomic E-state index is 5.82. The Morgan fingerprint density at radius 3 is 2.59 bits per heavy atom. The molecule has 0 unspecified atom stereocenters. The number of halogens is 1. The highest BCUT2D eigenvalue weighted by molar-refractivity contribution is 6.30. The summed E-state index contributed by atoms with van der Waals surface area (Å²) in [7, 11) is 0. The third-order valence-corrected chi connectivity index (χ3v) is 2.52. The smallest absolute Gasteiger partial charge is 0.146 e. The maximum Gasteiger partial charge on any atom is 0.146 e. The molecule has 0 saturated heterocycles. The lowest BCUT2D eigenvalue weighted by Gasteiger charge is -2.02. The predicted molar refractivity (Wildman–Crippen MR) is 71.5 cm³/mol. The molecule has 1 N–H and O–H groups in total. The summed E-state index contributed by atoms with van der Waals surface area (Å²) in [5, 5.41) is 4.98. The van der Waals surface area contributed by atoms with Crippen LogP contribution in [0, 0.1) is 0 Å². The number of nitrogens with zero attached hydrogens (tertiary/aromatic N) is 2. The van der Waals surface area contributed by atoms with E-state index in [0.29, 0.717) is 0 Å². The van der Waals surface area contributed by atoms with Crippen molar-refractivity contribution in [2.75, 3.05) is 5.43 Å². The molecule has 17 heavy (non-hydrogen) atoms. The summed E-state index contributed by atoms with van der Waals surface area (Å²) in [4.78, 5) is 4.12. The van der Waals surface area contributed by atoms with Gasteiger partial charge in [0.05, 0.1) is 5.71 Å². The van der Waals surface area contributed by atoms with Crippen LogP contribution in [-0.2, 0) is 0 Å². The molecule has 0 aliphatic carbocycles. The molecular formula is C13H12ClN3. The quantitative estimate of drug-likeness (QED) is 0.663. The Bertz CT molecular complexity index is 506. The molecule has 0 radical (unpaired) electrons. The zero-order valence-corrected chi connectivity index (χ0v) is 10.1. The number of anilines is 1. The average Bonchev–Trinajstić information content (AvgIpc) is 2.38. The molecule has 2 rings (SSSR count). The third kappa shape index (κ3) is 3.29. The SMILES string of the molecule is CC(=NNc1ccccn1)c1ccc(Cl)cc1. The second-order valence-electron chi connectivity index (χ2n) is 3.53. The fourth-order valence-electron chi connectivity index (χ4n) is 1.33. The van der Waals surface area contributed by atoms with E-state index < -0.39 is 0 Å². The number of benzene rings is 1. The number of aromatic nitrogens is 1. The van der Waals surface area contributed by atoms with Crippen molar-refractivity contribution < 1.29 is 0 Å². The van der Waals surface area contributed by atoms with Crippen LogP contribution in [0.4, 0.5) is 5.82 Å². The molecule has 0 amide bonds. The Kier molecular flexibility index (Phi) is 3.73. The molecule has 0 fully saturated rings. The lowest BCUT2D eigenvalue weighted by Crippen LogP contribution is -2.00. The van der Waals surface area contributed by atoms with E-state index in [1.807, 2.05) is 49.4 Å². The van der Waals surface area contributed by atoms with Gasteiger partial charge in [-0.15, -0.1) is 0 Å². The Balaban J connectivity index is 2.10. The van der Waals surface area contributed by atoms with Gasteiger partial charge in [0.15, 0.2) is 0 Å². The number of pyridine rings is 1. The standard InChI is InChI=1S/C13H12ClN3/c1-10(11-5-7-12(14)8-6-11)16-17-13-4-2-3-9-15-13/h2-9H,1H3,(H,15,17). The van der Waals surface area contributed by atoms with E-state index in [-0.39, 0.29) is 0 Å². The summed E-state index contributed by atoms with van der Waals surface area (Å²) in [6.07, 6.45) is 1.72. The van der Waals surface area contributed by atoms with Crippen molar-refractivity contribution in [3.05, 3.63) is 59.2 Å². The van der Waals surface area contributed by atoms with Gasteiger partial charge in [-0.2, -0.15) is 5.10 Å². The molecule has 0 atom stereocenters. The molecule has 1 aromatic carbocycles. The highest BCUT2D eigenvalue weighted by Gasteiger charge is 1.97. The second kappa shape index (κ2) is 5.46. The van der Waals surface area contributed by atoms with Crippen LogP contribution < -0.4 is 5.43 Å². The first-order valence-corrected chi connectivity index (χ1v) is 5.61. The molecule has 0 aliphatic heterocycles. The van der Waals surface area contributed by atoms with Gasteiger partial charge < -0.3 is 0 Å². The van der Waals surface area contributed by atoms with Gasteiger partial charge in [0.25, 0.3) is 0 Å². The summed E-state index contributed by atoms with van der Waals surface area (Å²) in [5.74, 6) is 0.723. The van der Waals surface area contributed by atoms with Gasteiger partial charge in [-0.3, -0.25) is 5.43 Å². The predicted octanol–water partition coefficient (Wildman–Crippen LogP) is 3.57. The molecule has 2 aromatic rings. The van der Waals surface area contributed by atoms with Gasteiger partial charge in [-0.25, -0.2) is 4.98 Å². The van der Waals surface area contributed by atoms with E-state index in [1.54, 1.807) is 6.20 Å². The number of hydrazone groups is 1. The zero-order chi connectivity index (χ0) is 12.1. The van der Waals surface area contributed by atoms with Gasteiger partial charge in [0, 0.05) is 11.2 Å². The van der Waals surface area contributed by atoms with Crippen molar-refractivity contribution in [2.24, 2.45) is 5.10 Å². The molecule has 86 valence electrons. The molecule has 0 aliphatic rings. The van der Waals surface area contributed by atoms with E-state index in [0.717, 1.165) is 22.1 Å². The highest BCUT2D eigenvalue weighted by atomic mass is 35.5. The Hall–Kier alpha value is -1.87. The fraction of sp³-hybridized carbons (Fsp3) is 0.0769. The van der Waals surface area contributed by atoms with Crippen molar-refractivity contribution in [2.45, 2.75) is 6.92 Å². The summed E-state index contributed by atoms with van der Waals surface area (Å²) < 4.78 is 0. The first-order valence-electron chi connectivity index (χ1n) is 5.23. The van der Waals surface area contributed by atoms with Crippen molar-refractivity contribution in [3.63, 3.8) is 0 Å².